The van der Waals surface area contributed by atoms with Gasteiger partial charge in [0, 0.05) is 18.3 Å². The van der Waals surface area contributed by atoms with Gasteiger partial charge >= 0.3 is 16.5 Å². The summed E-state index contributed by atoms with van der Waals surface area (Å²) < 4.78 is 111. The molecule has 0 heterocycles. The standard InChI is InChI=1S/C9H2F9IS3/c10-7(11,12)20-3-1-4(21-8(13,14)15)6(19)5(2-3)22-9(16,17)18/h1-2H. The molecule has 22 heavy (non-hydrogen) atoms. The summed E-state index contributed by atoms with van der Waals surface area (Å²) in [4.78, 5) is -2.17. The highest BCUT2D eigenvalue weighted by atomic mass is 127. The Morgan fingerprint density at radius 2 is 0.955 bits per heavy atom. The van der Waals surface area contributed by atoms with E-state index in [0.29, 0.717) is 12.1 Å². The summed E-state index contributed by atoms with van der Waals surface area (Å²) in [6, 6.07) is 1.14. The number of hydrogen-bond donors (Lipinski definition) is 0. The molecule has 0 fully saturated rings. The van der Waals surface area contributed by atoms with Crippen molar-refractivity contribution in [1.82, 2.24) is 0 Å². The summed E-state index contributed by atoms with van der Waals surface area (Å²) in [5, 5.41) is 0. The lowest BCUT2D eigenvalue weighted by Gasteiger charge is -2.15. The minimum atomic E-state index is -4.83. The lowest BCUT2D eigenvalue weighted by Crippen LogP contribution is -2.05. The van der Waals surface area contributed by atoms with E-state index in [1.807, 2.05) is 0 Å². The Kier molecular flexibility index (Phi) is 6.58. The summed E-state index contributed by atoms with van der Waals surface area (Å²) in [7, 11) is 0. The van der Waals surface area contributed by atoms with Crippen molar-refractivity contribution in [3.8, 4) is 0 Å². The van der Waals surface area contributed by atoms with Crippen LogP contribution in [0.15, 0.2) is 26.8 Å². The predicted molar refractivity (Wildman–Crippen MR) is 74.9 cm³/mol. The zero-order chi connectivity index (χ0) is 17.3. The molecule has 0 aliphatic carbocycles. The molecule has 0 saturated carbocycles. The number of hydrogen-bond acceptors (Lipinski definition) is 3. The van der Waals surface area contributed by atoms with Gasteiger partial charge in [0.15, 0.2) is 0 Å². The van der Waals surface area contributed by atoms with Crippen molar-refractivity contribution in [3.63, 3.8) is 0 Å². The highest BCUT2D eigenvalue weighted by Gasteiger charge is 2.36. The second-order valence-electron chi connectivity index (χ2n) is 3.38. The minimum absolute atomic E-state index is 0.409. The van der Waals surface area contributed by atoms with Crippen LogP contribution in [-0.4, -0.2) is 16.5 Å². The summed E-state index contributed by atoms with van der Waals surface area (Å²) in [6.07, 6.45) is 0. The maximum absolute atomic E-state index is 12.4. The van der Waals surface area contributed by atoms with Crippen LogP contribution < -0.4 is 0 Å². The molecule has 0 saturated heterocycles. The van der Waals surface area contributed by atoms with Crippen molar-refractivity contribution >= 4 is 57.9 Å². The molecule has 0 spiro atoms. The van der Waals surface area contributed by atoms with Crippen LogP contribution in [0.25, 0.3) is 0 Å². The molecule has 1 aromatic carbocycles. The highest BCUT2D eigenvalue weighted by molar-refractivity contribution is 14.1. The zero-order valence-electron chi connectivity index (χ0n) is 9.66. The van der Waals surface area contributed by atoms with Crippen LogP contribution in [0.5, 0.6) is 0 Å². The van der Waals surface area contributed by atoms with Crippen LogP contribution in [0.4, 0.5) is 39.5 Å². The average molecular weight is 504 g/mol. The number of halogens is 10. The molecule has 0 aliphatic heterocycles. The van der Waals surface area contributed by atoms with E-state index in [1.54, 1.807) is 0 Å². The number of benzene rings is 1. The molecule has 0 aromatic heterocycles. The Morgan fingerprint density at radius 1 is 0.636 bits per heavy atom. The van der Waals surface area contributed by atoms with Crippen LogP contribution >= 0.6 is 57.9 Å². The van der Waals surface area contributed by atoms with E-state index in [2.05, 4.69) is 0 Å². The first-order valence-corrected chi connectivity index (χ1v) is 8.30. The van der Waals surface area contributed by atoms with Crippen LogP contribution in [0.1, 0.15) is 0 Å². The third kappa shape index (κ3) is 7.77. The first-order valence-electron chi connectivity index (χ1n) is 4.77. The van der Waals surface area contributed by atoms with Gasteiger partial charge in [0.25, 0.3) is 0 Å². The fourth-order valence-corrected chi connectivity index (χ4v) is 4.21. The second-order valence-corrected chi connectivity index (χ2v) is 7.81. The maximum Gasteiger partial charge on any atom is 0.446 e. The van der Waals surface area contributed by atoms with Crippen molar-refractivity contribution < 1.29 is 39.5 Å². The van der Waals surface area contributed by atoms with Crippen molar-refractivity contribution in [2.75, 3.05) is 0 Å². The third-order valence-corrected chi connectivity index (χ3v) is 5.81. The molecular weight excluding hydrogens is 502 g/mol. The highest BCUT2D eigenvalue weighted by Crippen LogP contribution is 2.48. The molecule has 126 valence electrons. The monoisotopic (exact) mass is 504 g/mol. The van der Waals surface area contributed by atoms with Gasteiger partial charge in [-0.1, -0.05) is 0 Å². The molecule has 1 rings (SSSR count). The Bertz CT molecular complexity index is 498. The molecule has 0 bridgehead atoms. The topological polar surface area (TPSA) is 0 Å². The molecule has 0 radical (unpaired) electrons. The first-order chi connectivity index (χ1) is 9.66. The van der Waals surface area contributed by atoms with Gasteiger partial charge < -0.3 is 0 Å². The Hall–Kier alpha value is 0.370. The zero-order valence-corrected chi connectivity index (χ0v) is 14.3. The summed E-state index contributed by atoms with van der Waals surface area (Å²) >= 11 is -1.05. The lowest BCUT2D eigenvalue weighted by molar-refractivity contribution is -0.0334. The number of alkyl halides is 9. The average Bonchev–Trinajstić information content (AvgIpc) is 2.18. The van der Waals surface area contributed by atoms with E-state index in [0.717, 1.165) is 0 Å². The van der Waals surface area contributed by atoms with Crippen molar-refractivity contribution in [2.24, 2.45) is 0 Å². The smallest absolute Gasteiger partial charge is 0.160 e. The van der Waals surface area contributed by atoms with Crippen molar-refractivity contribution in [3.05, 3.63) is 15.7 Å². The quantitative estimate of drug-likeness (QED) is 0.244. The summed E-state index contributed by atoms with van der Waals surface area (Å²) in [5.41, 5.74) is -14.5. The van der Waals surface area contributed by atoms with Gasteiger partial charge in [0.05, 0.1) is 0 Å². The maximum atomic E-state index is 12.4. The fourth-order valence-electron chi connectivity index (χ4n) is 1.14. The van der Waals surface area contributed by atoms with Gasteiger partial charge in [-0.25, -0.2) is 0 Å². The molecule has 0 nitrogen and oxygen atoms in total. The molecule has 13 heteroatoms. The second kappa shape index (κ2) is 7.09. The van der Waals surface area contributed by atoms with E-state index < -0.39 is 70.1 Å². The molecule has 0 atom stereocenters. The summed E-state index contributed by atoms with van der Waals surface area (Å²) in [5.74, 6) is 0. The number of rotatable bonds is 3. The van der Waals surface area contributed by atoms with Crippen LogP contribution in [0.3, 0.4) is 0 Å². The molecule has 1 aromatic rings. The van der Waals surface area contributed by atoms with Gasteiger partial charge in [-0.2, -0.15) is 39.5 Å². The van der Waals surface area contributed by atoms with E-state index in [9.17, 15) is 39.5 Å². The Labute approximate surface area is 144 Å². The summed E-state index contributed by atoms with van der Waals surface area (Å²) in [6.45, 7) is 0. The van der Waals surface area contributed by atoms with Gasteiger partial charge in [-0.15, -0.1) is 0 Å². The van der Waals surface area contributed by atoms with E-state index in [4.69, 9.17) is 0 Å². The van der Waals surface area contributed by atoms with Gasteiger partial charge in [0.1, 0.15) is 0 Å². The SMILES string of the molecule is FC(F)(F)Sc1cc(SC(F)(F)F)c(I)c(SC(F)(F)F)c1. The Morgan fingerprint density at radius 3 is 1.23 bits per heavy atom. The molecule has 0 amide bonds. The lowest BCUT2D eigenvalue weighted by atomic mass is 10.4. The fraction of sp³-hybridized carbons (Fsp3) is 0.333. The molecular formula is C9H2F9IS3. The van der Waals surface area contributed by atoms with Crippen LogP contribution in [0.2, 0.25) is 0 Å². The van der Waals surface area contributed by atoms with E-state index in [1.165, 1.54) is 22.6 Å². The van der Waals surface area contributed by atoms with Crippen LogP contribution in [0, 0.1) is 3.57 Å². The third-order valence-electron chi connectivity index (χ3n) is 1.66. The normalized spacial score (nSPS) is 13.5. The van der Waals surface area contributed by atoms with Gasteiger partial charge in [-0.3, -0.25) is 0 Å². The van der Waals surface area contributed by atoms with Crippen molar-refractivity contribution in [2.45, 2.75) is 31.2 Å². The minimum Gasteiger partial charge on any atom is -0.160 e. The van der Waals surface area contributed by atoms with Crippen molar-refractivity contribution in [1.29, 1.82) is 0 Å². The van der Waals surface area contributed by atoms with E-state index >= 15 is 0 Å². The molecule has 0 aliphatic rings. The molecule has 0 N–H and O–H groups in total. The van der Waals surface area contributed by atoms with Gasteiger partial charge in [0.2, 0.25) is 0 Å². The predicted octanol–water partition coefficient (Wildman–Crippen LogP) is 7.13. The van der Waals surface area contributed by atoms with Crippen LogP contribution in [-0.2, 0) is 0 Å². The largest absolute Gasteiger partial charge is 0.446 e. The number of thioether (sulfide) groups is 3. The first kappa shape index (κ1) is 20.4. The Balaban J connectivity index is 3.30. The van der Waals surface area contributed by atoms with E-state index in [-0.39, 0.29) is 0 Å². The molecule has 0 unspecified atom stereocenters. The van der Waals surface area contributed by atoms with Gasteiger partial charge in [-0.05, 0) is 70.0 Å².